The van der Waals surface area contributed by atoms with E-state index < -0.39 is 28.4 Å². The molecule has 1 aromatic heterocycles. The first kappa shape index (κ1) is 21.1. The predicted octanol–water partition coefficient (Wildman–Crippen LogP) is 2.96. The second-order valence-electron chi connectivity index (χ2n) is 8.06. The Labute approximate surface area is 191 Å². The third kappa shape index (κ3) is 3.15. The van der Waals surface area contributed by atoms with Gasteiger partial charge in [-0.3, -0.25) is 4.79 Å². The maximum absolute atomic E-state index is 13.0. The molecule has 4 aromatic rings. The molecular weight excluding hydrogens is 446 g/mol. The van der Waals surface area contributed by atoms with Crippen LogP contribution >= 0.6 is 0 Å². The molecule has 0 radical (unpaired) electrons. The third-order valence-corrected chi connectivity index (χ3v) is 5.94. The van der Waals surface area contributed by atoms with Crippen LogP contribution in [0.25, 0.3) is 22.3 Å². The van der Waals surface area contributed by atoms with Crippen molar-refractivity contribution < 1.29 is 40.2 Å². The summed E-state index contributed by atoms with van der Waals surface area (Å²) in [5.74, 6) is -3.60. The molecule has 5 rings (SSSR count). The Morgan fingerprint density at radius 2 is 1.41 bits per heavy atom. The van der Waals surface area contributed by atoms with Crippen molar-refractivity contribution in [3.63, 3.8) is 0 Å². The fourth-order valence-corrected chi connectivity index (χ4v) is 4.25. The number of rotatable bonds is 2. The number of hydrogen-bond donors (Lipinski definition) is 7. The van der Waals surface area contributed by atoms with E-state index in [0.717, 1.165) is 23.8 Å². The molecule has 0 saturated carbocycles. The van der Waals surface area contributed by atoms with Crippen molar-refractivity contribution in [3.05, 3.63) is 57.7 Å². The van der Waals surface area contributed by atoms with Gasteiger partial charge in [-0.2, -0.15) is 0 Å². The molecule has 34 heavy (non-hydrogen) atoms. The van der Waals surface area contributed by atoms with E-state index in [0.29, 0.717) is 18.5 Å². The topological polar surface area (TPSA) is 175 Å². The number of hydrogen-bond acceptors (Lipinski definition) is 10. The van der Waals surface area contributed by atoms with Crippen LogP contribution in [0, 0.1) is 0 Å². The van der Waals surface area contributed by atoms with Gasteiger partial charge in [-0.25, -0.2) is 0 Å². The van der Waals surface area contributed by atoms with Gasteiger partial charge in [0.15, 0.2) is 34.3 Å². The first-order chi connectivity index (χ1) is 16.2. The minimum atomic E-state index is -0.956. The average molecular weight is 465 g/mol. The first-order valence-corrected chi connectivity index (χ1v) is 10.2. The lowest BCUT2D eigenvalue weighted by molar-refractivity contribution is 0.401. The van der Waals surface area contributed by atoms with Gasteiger partial charge in [0.05, 0.1) is 0 Å². The van der Waals surface area contributed by atoms with Crippen LogP contribution in [0.15, 0.2) is 45.6 Å². The highest BCUT2D eigenvalue weighted by molar-refractivity contribution is 5.98. The van der Waals surface area contributed by atoms with Crippen molar-refractivity contribution in [1.82, 2.24) is 0 Å². The molecule has 10 heteroatoms. The number of nitrogens with zero attached hydrogens (tertiary/aromatic N) is 1. The summed E-state index contributed by atoms with van der Waals surface area (Å²) in [6.45, 7) is 0.515. The number of phenolic OH excluding ortho intramolecular Hbond substituents is 6. The van der Waals surface area contributed by atoms with Gasteiger partial charge in [-0.1, -0.05) is 0 Å². The molecule has 0 spiro atoms. The zero-order valence-corrected chi connectivity index (χ0v) is 17.5. The molecule has 0 fully saturated rings. The van der Waals surface area contributed by atoms with Crippen LogP contribution in [-0.4, -0.2) is 42.3 Å². The van der Waals surface area contributed by atoms with E-state index in [2.05, 4.69) is 0 Å². The smallest absolute Gasteiger partial charge is 0.238 e. The van der Waals surface area contributed by atoms with Crippen molar-refractivity contribution >= 4 is 16.7 Å². The quantitative estimate of drug-likeness (QED) is 0.218. The summed E-state index contributed by atoms with van der Waals surface area (Å²) in [4.78, 5) is 14.7. The van der Waals surface area contributed by atoms with Crippen molar-refractivity contribution in [3.8, 4) is 51.6 Å². The molecule has 0 atom stereocenters. The van der Waals surface area contributed by atoms with E-state index >= 15 is 0 Å². The summed E-state index contributed by atoms with van der Waals surface area (Å²) in [7, 11) is 0. The molecule has 10 nitrogen and oxygen atoms in total. The normalized spacial score (nSPS) is 13.2. The highest BCUT2D eigenvalue weighted by Crippen LogP contribution is 2.45. The molecule has 0 amide bonds. The number of fused-ring (bicyclic) bond motifs is 2. The van der Waals surface area contributed by atoms with Crippen molar-refractivity contribution in [2.45, 2.75) is 13.0 Å². The summed E-state index contributed by atoms with van der Waals surface area (Å²) < 4.78 is 5.84. The average Bonchev–Trinajstić information content (AvgIpc) is 2.78. The summed E-state index contributed by atoms with van der Waals surface area (Å²) in [5.41, 5.74) is 0.467. The Morgan fingerprint density at radius 1 is 0.735 bits per heavy atom. The van der Waals surface area contributed by atoms with Crippen LogP contribution in [-0.2, 0) is 13.0 Å². The van der Waals surface area contributed by atoms with Gasteiger partial charge in [0.2, 0.25) is 11.2 Å². The van der Waals surface area contributed by atoms with Gasteiger partial charge >= 0.3 is 0 Å². The van der Waals surface area contributed by atoms with Crippen LogP contribution in [0.3, 0.4) is 0 Å². The fraction of sp³-hybridized carbons (Fsp3) is 0.125. The maximum Gasteiger partial charge on any atom is 0.238 e. The predicted molar refractivity (Wildman–Crippen MR) is 121 cm³/mol. The second-order valence-corrected chi connectivity index (χ2v) is 8.06. The lowest BCUT2D eigenvalue weighted by Crippen LogP contribution is -2.30. The number of benzene rings is 3. The third-order valence-electron chi connectivity index (χ3n) is 5.94. The minimum absolute atomic E-state index is 0.0740. The maximum atomic E-state index is 13.0. The highest BCUT2D eigenvalue weighted by atomic mass is 16.4. The Hall–Kier alpha value is -4.73. The Balaban J connectivity index is 1.74. The molecule has 0 aliphatic carbocycles. The van der Waals surface area contributed by atoms with E-state index in [1.165, 1.54) is 18.2 Å². The summed E-state index contributed by atoms with van der Waals surface area (Å²) >= 11 is 0. The second kappa shape index (κ2) is 7.41. The van der Waals surface area contributed by atoms with Crippen LogP contribution in [0.1, 0.15) is 11.1 Å². The van der Waals surface area contributed by atoms with Gasteiger partial charge in [-0.15, -0.1) is 0 Å². The molecule has 3 aromatic carbocycles. The molecule has 7 N–H and O–H groups in total. The minimum Gasteiger partial charge on any atom is -0.507 e. The van der Waals surface area contributed by atoms with E-state index in [9.17, 15) is 40.5 Å². The summed E-state index contributed by atoms with van der Waals surface area (Å²) in [5, 5.41) is 70.3. The Morgan fingerprint density at radius 3 is 2.12 bits per heavy atom. The van der Waals surface area contributed by atoms with Gasteiger partial charge < -0.3 is 45.1 Å². The van der Waals surface area contributed by atoms with Crippen molar-refractivity contribution in [1.29, 1.82) is 0 Å². The van der Waals surface area contributed by atoms with Crippen LogP contribution < -0.4 is 10.3 Å². The zero-order valence-electron chi connectivity index (χ0n) is 17.5. The van der Waals surface area contributed by atoms with Crippen LogP contribution in [0.4, 0.5) is 5.69 Å². The number of anilines is 1. The molecule has 0 saturated heterocycles. The monoisotopic (exact) mass is 465 g/mol. The standard InChI is InChI=1S/C24H19NO9/c26-13-2-1-11(6-14(13)27)23-22(33)21(32)19-17(30)8-18(31)20(24(19)34-23)25-4-3-10-5-15(28)16(29)7-12(10)9-25/h1-2,5-8,26-31,33H,3-4,9H2. The van der Waals surface area contributed by atoms with E-state index in [1.807, 2.05) is 0 Å². The SMILES string of the molecule is O=c1c(O)c(-c2ccc(O)c(O)c2)oc2c(N3CCc4cc(O)c(O)cc4C3)c(O)cc(O)c12. The number of phenols is 6. The summed E-state index contributed by atoms with van der Waals surface area (Å²) in [6, 6.07) is 7.40. The lowest BCUT2D eigenvalue weighted by Gasteiger charge is -2.31. The van der Waals surface area contributed by atoms with Crippen molar-refractivity contribution in [2.24, 2.45) is 0 Å². The number of aromatic hydroxyl groups is 7. The van der Waals surface area contributed by atoms with Crippen molar-refractivity contribution in [2.75, 3.05) is 11.4 Å². The molecule has 0 unspecified atom stereocenters. The molecule has 2 heterocycles. The van der Waals surface area contributed by atoms with Gasteiger partial charge in [-0.05, 0) is 47.9 Å². The fourth-order valence-electron chi connectivity index (χ4n) is 4.25. The van der Waals surface area contributed by atoms with Gasteiger partial charge in [0, 0.05) is 24.7 Å². The van der Waals surface area contributed by atoms with Gasteiger partial charge in [0.1, 0.15) is 22.6 Å². The molecule has 0 bridgehead atoms. The van der Waals surface area contributed by atoms with E-state index in [1.54, 1.807) is 4.90 Å². The largest absolute Gasteiger partial charge is 0.507 e. The lowest BCUT2D eigenvalue weighted by atomic mass is 9.97. The van der Waals surface area contributed by atoms with Crippen LogP contribution in [0.5, 0.6) is 40.2 Å². The zero-order chi connectivity index (χ0) is 24.3. The molecular formula is C24H19NO9. The molecule has 1 aliphatic rings. The van der Waals surface area contributed by atoms with Crippen LogP contribution in [0.2, 0.25) is 0 Å². The molecule has 174 valence electrons. The molecule has 1 aliphatic heterocycles. The Bertz CT molecular complexity index is 1540. The first-order valence-electron chi connectivity index (χ1n) is 10.2. The van der Waals surface area contributed by atoms with E-state index in [4.69, 9.17) is 4.42 Å². The summed E-state index contributed by atoms with van der Waals surface area (Å²) in [6.07, 6.45) is 0.436. The van der Waals surface area contributed by atoms with Gasteiger partial charge in [0.25, 0.3) is 0 Å². The van der Waals surface area contributed by atoms with E-state index in [-0.39, 0.29) is 51.8 Å². The Kier molecular flexibility index (Phi) is 4.60. The highest BCUT2D eigenvalue weighted by Gasteiger charge is 2.28.